The van der Waals surface area contributed by atoms with E-state index in [1.54, 1.807) is 0 Å². The van der Waals surface area contributed by atoms with Crippen LogP contribution in [0.15, 0.2) is 216 Å². The number of para-hydroxylation sites is 3. The summed E-state index contributed by atoms with van der Waals surface area (Å²) in [6.07, 6.45) is 0. The van der Waals surface area contributed by atoms with Crippen LogP contribution in [0.3, 0.4) is 0 Å². The van der Waals surface area contributed by atoms with Gasteiger partial charge in [-0.25, -0.2) is 9.97 Å². The average molecular weight is 771 g/mol. The van der Waals surface area contributed by atoms with E-state index in [0.29, 0.717) is 5.95 Å². The first-order valence-electron chi connectivity index (χ1n) is 19.9. The number of hydrogen-bond donors (Lipinski definition) is 0. The number of nitrogens with zero attached hydrogens (tertiary/aromatic N) is 4. The van der Waals surface area contributed by atoms with Crippen LogP contribution in [0.5, 0.6) is 0 Å². The molecule has 0 unspecified atom stereocenters. The van der Waals surface area contributed by atoms with Crippen LogP contribution >= 0.6 is 11.8 Å². The van der Waals surface area contributed by atoms with E-state index < -0.39 is 0 Å². The molecule has 0 atom stereocenters. The van der Waals surface area contributed by atoms with Gasteiger partial charge in [0.15, 0.2) is 0 Å². The first-order valence-corrected chi connectivity index (χ1v) is 20.7. The van der Waals surface area contributed by atoms with Crippen LogP contribution in [0, 0.1) is 0 Å². The van der Waals surface area contributed by atoms with E-state index >= 15 is 0 Å². The summed E-state index contributed by atoms with van der Waals surface area (Å²) in [5, 5.41) is 5.83. The highest BCUT2D eigenvalue weighted by atomic mass is 32.2. The second-order valence-corrected chi connectivity index (χ2v) is 16.1. The minimum Gasteiger partial charge on any atom is -0.308 e. The molecule has 0 aliphatic carbocycles. The maximum absolute atomic E-state index is 5.35. The summed E-state index contributed by atoms with van der Waals surface area (Å²) < 4.78 is 2.26. The Kier molecular flexibility index (Phi) is 7.75. The lowest BCUT2D eigenvalue weighted by Crippen LogP contribution is -2.14. The zero-order chi connectivity index (χ0) is 38.9. The molecule has 1 aliphatic rings. The van der Waals surface area contributed by atoms with Gasteiger partial charge >= 0.3 is 0 Å². The summed E-state index contributed by atoms with van der Waals surface area (Å²) in [6, 6.07) is 73.8. The summed E-state index contributed by atoms with van der Waals surface area (Å²) in [5.74, 6) is 0.657. The van der Waals surface area contributed by atoms with Gasteiger partial charge in [-0.2, -0.15) is 0 Å². The van der Waals surface area contributed by atoms with Crippen molar-refractivity contribution in [2.45, 2.75) is 9.79 Å². The van der Waals surface area contributed by atoms with Gasteiger partial charge in [-0.3, -0.25) is 4.57 Å². The normalized spacial score (nSPS) is 12.3. The van der Waals surface area contributed by atoms with Gasteiger partial charge in [-0.15, -0.1) is 0 Å². The molecule has 59 heavy (non-hydrogen) atoms. The molecule has 4 nitrogen and oxygen atoms in total. The topological polar surface area (TPSA) is 34.0 Å². The molecular formula is C54H34N4S. The Morgan fingerprint density at radius 2 is 1.08 bits per heavy atom. The van der Waals surface area contributed by atoms with Gasteiger partial charge in [0.25, 0.3) is 0 Å². The highest BCUT2D eigenvalue weighted by Crippen LogP contribution is 2.52. The van der Waals surface area contributed by atoms with Crippen molar-refractivity contribution in [1.82, 2.24) is 14.5 Å². The fourth-order valence-corrected chi connectivity index (χ4v) is 10.00. The molecule has 0 fully saturated rings. The lowest BCUT2D eigenvalue weighted by molar-refractivity contribution is 1.01. The minimum absolute atomic E-state index is 0.657. The summed E-state index contributed by atoms with van der Waals surface area (Å²) in [4.78, 5) is 15.5. The molecule has 0 amide bonds. The number of benzene rings is 9. The fraction of sp³-hybridized carbons (Fsp3) is 0. The fourth-order valence-electron chi connectivity index (χ4n) is 8.90. The van der Waals surface area contributed by atoms with Gasteiger partial charge in [0.2, 0.25) is 5.95 Å². The molecule has 1 aliphatic heterocycles. The van der Waals surface area contributed by atoms with Crippen molar-refractivity contribution < 1.29 is 0 Å². The van der Waals surface area contributed by atoms with Crippen molar-refractivity contribution in [3.05, 3.63) is 206 Å². The number of fused-ring (bicyclic) bond motifs is 8. The second-order valence-electron chi connectivity index (χ2n) is 15.0. The van der Waals surface area contributed by atoms with E-state index in [0.717, 1.165) is 44.4 Å². The SMILES string of the molecule is c1ccc(-c2nc(-n3c4cccc(-c5ccc(-c6ccc7c(c6)Sc6ccccc6N7c6ccccc6)cc5)c4c4c5ccccc5ccc43)nc3ccccc23)cc1. The quantitative estimate of drug-likeness (QED) is 0.175. The Morgan fingerprint density at radius 3 is 1.95 bits per heavy atom. The zero-order valence-electron chi connectivity index (χ0n) is 31.8. The Balaban J connectivity index is 1.01. The van der Waals surface area contributed by atoms with Crippen LogP contribution in [-0.2, 0) is 0 Å². The van der Waals surface area contributed by atoms with Crippen LogP contribution < -0.4 is 4.90 Å². The van der Waals surface area contributed by atoms with E-state index in [4.69, 9.17) is 9.97 Å². The van der Waals surface area contributed by atoms with E-state index in [2.05, 4.69) is 210 Å². The molecular weight excluding hydrogens is 737 g/mol. The molecule has 11 aromatic rings. The predicted molar refractivity (Wildman–Crippen MR) is 246 cm³/mol. The summed E-state index contributed by atoms with van der Waals surface area (Å²) in [6.45, 7) is 0. The molecule has 0 saturated heterocycles. The Hall–Kier alpha value is -7.47. The molecule has 3 heterocycles. The zero-order valence-corrected chi connectivity index (χ0v) is 32.6. The molecule has 276 valence electrons. The summed E-state index contributed by atoms with van der Waals surface area (Å²) >= 11 is 1.84. The van der Waals surface area contributed by atoms with Gasteiger partial charge in [-0.1, -0.05) is 163 Å². The molecule has 2 aromatic heterocycles. The molecule has 9 aromatic carbocycles. The smallest absolute Gasteiger partial charge is 0.235 e. The van der Waals surface area contributed by atoms with Gasteiger partial charge in [0.05, 0.1) is 33.6 Å². The van der Waals surface area contributed by atoms with Crippen LogP contribution in [0.1, 0.15) is 0 Å². The monoisotopic (exact) mass is 770 g/mol. The van der Waals surface area contributed by atoms with Gasteiger partial charge in [0, 0.05) is 37.2 Å². The van der Waals surface area contributed by atoms with Crippen molar-refractivity contribution >= 4 is 72.3 Å². The molecule has 12 rings (SSSR count). The van der Waals surface area contributed by atoms with Crippen LogP contribution in [0.2, 0.25) is 0 Å². The predicted octanol–water partition coefficient (Wildman–Crippen LogP) is 14.8. The van der Waals surface area contributed by atoms with E-state index in [1.807, 2.05) is 17.8 Å². The van der Waals surface area contributed by atoms with Gasteiger partial charge < -0.3 is 4.90 Å². The number of rotatable bonds is 5. The third-order valence-electron chi connectivity index (χ3n) is 11.6. The Bertz CT molecular complexity index is 3410. The maximum Gasteiger partial charge on any atom is 0.235 e. The molecule has 0 spiro atoms. The van der Waals surface area contributed by atoms with Crippen molar-refractivity contribution in [3.63, 3.8) is 0 Å². The average Bonchev–Trinajstić information content (AvgIpc) is 3.66. The molecule has 5 heteroatoms. The van der Waals surface area contributed by atoms with Crippen molar-refractivity contribution in [2.24, 2.45) is 0 Å². The Morgan fingerprint density at radius 1 is 0.407 bits per heavy atom. The standard InChI is InChI=1S/C54H34N4S/c1-3-15-38(16-4-1)53-43-20-9-10-22-44(43)55-54(56-53)58-47-24-13-21-42(51(47)52-41-19-8-7-14-36(41)30-33-48(52)58)37-28-26-35(27-29-37)39-31-32-46-50(34-39)59-49-25-12-11-23-45(49)57(46)40-17-5-2-6-18-40/h1-34H. The maximum atomic E-state index is 5.35. The molecule has 0 bridgehead atoms. The third-order valence-corrected chi connectivity index (χ3v) is 12.7. The van der Waals surface area contributed by atoms with E-state index in [-0.39, 0.29) is 0 Å². The van der Waals surface area contributed by atoms with Crippen LogP contribution in [0.4, 0.5) is 17.1 Å². The highest BCUT2D eigenvalue weighted by molar-refractivity contribution is 7.99. The number of anilines is 3. The largest absolute Gasteiger partial charge is 0.308 e. The van der Waals surface area contributed by atoms with Crippen molar-refractivity contribution in [3.8, 4) is 39.5 Å². The third kappa shape index (κ3) is 5.47. The first-order chi connectivity index (χ1) is 29.3. The molecule has 0 saturated carbocycles. The number of hydrogen-bond acceptors (Lipinski definition) is 4. The minimum atomic E-state index is 0.657. The summed E-state index contributed by atoms with van der Waals surface area (Å²) in [7, 11) is 0. The highest BCUT2D eigenvalue weighted by Gasteiger charge is 2.25. The summed E-state index contributed by atoms with van der Waals surface area (Å²) in [5.41, 5.74) is 13.3. The first kappa shape index (κ1) is 33.6. The van der Waals surface area contributed by atoms with Gasteiger partial charge in [-0.05, 0) is 87.6 Å². The van der Waals surface area contributed by atoms with E-state index in [1.165, 1.54) is 59.4 Å². The van der Waals surface area contributed by atoms with Gasteiger partial charge in [0.1, 0.15) is 0 Å². The Labute approximate surface area is 345 Å². The van der Waals surface area contributed by atoms with Crippen molar-refractivity contribution in [1.29, 1.82) is 0 Å². The second kappa shape index (κ2) is 13.6. The number of aromatic nitrogens is 3. The lowest BCUT2D eigenvalue weighted by Gasteiger charge is -2.33. The molecule has 0 radical (unpaired) electrons. The van der Waals surface area contributed by atoms with Crippen LogP contribution in [0.25, 0.3) is 82.9 Å². The van der Waals surface area contributed by atoms with E-state index in [9.17, 15) is 0 Å². The van der Waals surface area contributed by atoms with Crippen molar-refractivity contribution in [2.75, 3.05) is 4.90 Å². The lowest BCUT2D eigenvalue weighted by atomic mass is 9.95. The van der Waals surface area contributed by atoms with Crippen LogP contribution in [-0.4, -0.2) is 14.5 Å². The molecule has 0 N–H and O–H groups in total.